The van der Waals surface area contributed by atoms with Crippen molar-refractivity contribution >= 4 is 16.7 Å². The molecule has 0 radical (unpaired) electrons. The van der Waals surface area contributed by atoms with Crippen LogP contribution in [0.3, 0.4) is 0 Å². The molecule has 4 heteroatoms. The largest absolute Gasteiger partial charge is 0.465 e. The van der Waals surface area contributed by atoms with Gasteiger partial charge in [0.05, 0.1) is 18.4 Å². The molecular formula is C16H12N2O2. The zero-order valence-corrected chi connectivity index (χ0v) is 10.9. The highest BCUT2D eigenvalue weighted by Gasteiger charge is 2.10. The molecule has 0 aliphatic carbocycles. The van der Waals surface area contributed by atoms with Crippen molar-refractivity contribution in [2.75, 3.05) is 7.11 Å². The van der Waals surface area contributed by atoms with Crippen LogP contribution in [-0.4, -0.2) is 23.0 Å². The molecule has 0 amide bonds. The number of aromatic nitrogens is 2. The Morgan fingerprint density at radius 3 is 2.85 bits per heavy atom. The highest BCUT2D eigenvalue weighted by atomic mass is 16.5. The number of ether oxygens (including phenoxy) is 1. The van der Waals surface area contributed by atoms with E-state index in [0.29, 0.717) is 11.3 Å². The molecular weight excluding hydrogens is 252 g/mol. The van der Waals surface area contributed by atoms with Gasteiger partial charge < -0.3 is 4.74 Å². The fourth-order valence-corrected chi connectivity index (χ4v) is 2.14. The zero-order chi connectivity index (χ0) is 13.9. The van der Waals surface area contributed by atoms with Crippen molar-refractivity contribution in [3.05, 3.63) is 60.6 Å². The number of fused-ring (bicyclic) bond motifs is 1. The van der Waals surface area contributed by atoms with Crippen LogP contribution in [0.15, 0.2) is 55.0 Å². The Morgan fingerprint density at radius 2 is 2.00 bits per heavy atom. The van der Waals surface area contributed by atoms with Crippen LogP contribution in [-0.2, 0) is 4.74 Å². The van der Waals surface area contributed by atoms with Crippen LogP contribution in [0, 0.1) is 0 Å². The quantitative estimate of drug-likeness (QED) is 0.667. The molecule has 98 valence electrons. The van der Waals surface area contributed by atoms with Gasteiger partial charge in [0.25, 0.3) is 0 Å². The summed E-state index contributed by atoms with van der Waals surface area (Å²) < 4.78 is 4.73. The summed E-state index contributed by atoms with van der Waals surface area (Å²) in [6.07, 6.45) is 5.16. The Hall–Kier alpha value is -2.75. The lowest BCUT2D eigenvalue weighted by Gasteiger charge is -2.06. The average molecular weight is 264 g/mol. The fourth-order valence-electron chi connectivity index (χ4n) is 2.14. The second-order valence-electron chi connectivity index (χ2n) is 4.33. The van der Waals surface area contributed by atoms with Gasteiger partial charge in [-0.05, 0) is 17.5 Å². The summed E-state index contributed by atoms with van der Waals surface area (Å²) in [5.74, 6) is -0.373. The maximum absolute atomic E-state index is 11.6. The number of benzene rings is 1. The van der Waals surface area contributed by atoms with Crippen LogP contribution in [0.2, 0.25) is 0 Å². The van der Waals surface area contributed by atoms with Gasteiger partial charge in [0.15, 0.2) is 0 Å². The number of hydrogen-bond acceptors (Lipinski definition) is 4. The zero-order valence-electron chi connectivity index (χ0n) is 10.9. The highest BCUT2D eigenvalue weighted by molar-refractivity contribution is 5.96. The van der Waals surface area contributed by atoms with Crippen LogP contribution < -0.4 is 0 Å². The number of nitrogens with zero attached hydrogens (tertiary/aromatic N) is 2. The third-order valence-electron chi connectivity index (χ3n) is 3.13. The van der Waals surface area contributed by atoms with Gasteiger partial charge in [-0.15, -0.1) is 0 Å². The molecule has 0 saturated heterocycles. The minimum atomic E-state index is -0.373. The number of rotatable bonds is 2. The molecule has 3 rings (SSSR count). The number of carbonyl (C=O) groups is 1. The molecule has 0 unspecified atom stereocenters. The number of pyridine rings is 2. The summed E-state index contributed by atoms with van der Waals surface area (Å²) in [7, 11) is 1.36. The van der Waals surface area contributed by atoms with Crippen molar-refractivity contribution in [3.63, 3.8) is 0 Å². The standard InChI is InChI=1S/C16H12N2O2/c1-20-16(19)11-6-7-18-15(8-11)14-10-17-9-12-4-2-3-5-13(12)14/h2-10H,1H3. The minimum Gasteiger partial charge on any atom is -0.465 e. The molecule has 0 spiro atoms. The third-order valence-corrected chi connectivity index (χ3v) is 3.13. The van der Waals surface area contributed by atoms with E-state index < -0.39 is 0 Å². The number of methoxy groups -OCH3 is 1. The maximum Gasteiger partial charge on any atom is 0.337 e. The van der Waals surface area contributed by atoms with Crippen molar-refractivity contribution in [1.82, 2.24) is 9.97 Å². The summed E-state index contributed by atoms with van der Waals surface area (Å²) in [4.78, 5) is 20.2. The summed E-state index contributed by atoms with van der Waals surface area (Å²) in [6, 6.07) is 11.3. The van der Waals surface area contributed by atoms with E-state index >= 15 is 0 Å². The van der Waals surface area contributed by atoms with Gasteiger partial charge in [0.2, 0.25) is 0 Å². The first kappa shape index (κ1) is 12.3. The van der Waals surface area contributed by atoms with Crippen LogP contribution in [0.4, 0.5) is 0 Å². The van der Waals surface area contributed by atoms with Gasteiger partial charge in [-0.25, -0.2) is 4.79 Å². The summed E-state index contributed by atoms with van der Waals surface area (Å²) >= 11 is 0. The molecule has 2 heterocycles. The Morgan fingerprint density at radius 1 is 1.15 bits per heavy atom. The van der Waals surface area contributed by atoms with E-state index in [4.69, 9.17) is 4.74 Å². The molecule has 3 aromatic rings. The molecule has 0 aliphatic rings. The van der Waals surface area contributed by atoms with Gasteiger partial charge in [-0.2, -0.15) is 0 Å². The molecule has 20 heavy (non-hydrogen) atoms. The van der Waals surface area contributed by atoms with E-state index in [1.54, 1.807) is 24.5 Å². The maximum atomic E-state index is 11.6. The number of esters is 1. The van der Waals surface area contributed by atoms with Gasteiger partial charge >= 0.3 is 5.97 Å². The van der Waals surface area contributed by atoms with Crippen LogP contribution in [0.5, 0.6) is 0 Å². The van der Waals surface area contributed by atoms with Crippen LogP contribution >= 0.6 is 0 Å². The SMILES string of the molecule is COC(=O)c1ccnc(-c2cncc3ccccc23)c1. The first-order valence-corrected chi connectivity index (χ1v) is 6.17. The van der Waals surface area contributed by atoms with Crippen LogP contribution in [0.1, 0.15) is 10.4 Å². The molecule has 0 atom stereocenters. The lowest BCUT2D eigenvalue weighted by Crippen LogP contribution is -2.01. The summed E-state index contributed by atoms with van der Waals surface area (Å²) in [6.45, 7) is 0. The van der Waals surface area contributed by atoms with E-state index in [-0.39, 0.29) is 5.97 Å². The van der Waals surface area contributed by atoms with E-state index in [1.165, 1.54) is 7.11 Å². The lowest BCUT2D eigenvalue weighted by atomic mass is 10.0. The topological polar surface area (TPSA) is 52.1 Å². The van der Waals surface area contributed by atoms with E-state index in [2.05, 4.69) is 9.97 Å². The number of hydrogen-bond donors (Lipinski definition) is 0. The smallest absolute Gasteiger partial charge is 0.337 e. The van der Waals surface area contributed by atoms with Gasteiger partial charge in [-0.1, -0.05) is 24.3 Å². The van der Waals surface area contributed by atoms with Gasteiger partial charge in [-0.3, -0.25) is 9.97 Å². The van der Waals surface area contributed by atoms with E-state index in [1.807, 2.05) is 30.5 Å². The molecule has 4 nitrogen and oxygen atoms in total. The van der Waals surface area contributed by atoms with Crippen molar-refractivity contribution in [2.45, 2.75) is 0 Å². The molecule has 0 fully saturated rings. The molecule has 0 aliphatic heterocycles. The molecule has 0 bridgehead atoms. The van der Waals surface area contributed by atoms with Crippen molar-refractivity contribution in [1.29, 1.82) is 0 Å². The normalized spacial score (nSPS) is 10.4. The average Bonchev–Trinajstić information content (AvgIpc) is 2.53. The number of carbonyl (C=O) groups excluding carboxylic acids is 1. The molecule has 0 saturated carbocycles. The fraction of sp³-hybridized carbons (Fsp3) is 0.0625. The third kappa shape index (κ3) is 2.12. The van der Waals surface area contributed by atoms with Crippen molar-refractivity contribution < 1.29 is 9.53 Å². The Kier molecular flexibility index (Phi) is 3.13. The Bertz CT molecular complexity index is 779. The minimum absolute atomic E-state index is 0.373. The Balaban J connectivity index is 2.18. The summed E-state index contributed by atoms with van der Waals surface area (Å²) in [5, 5.41) is 2.09. The van der Waals surface area contributed by atoms with E-state index in [0.717, 1.165) is 16.3 Å². The Labute approximate surface area is 116 Å². The predicted molar refractivity (Wildman–Crippen MR) is 76.3 cm³/mol. The second-order valence-corrected chi connectivity index (χ2v) is 4.33. The molecule has 1 aromatic carbocycles. The highest BCUT2D eigenvalue weighted by Crippen LogP contribution is 2.26. The first-order valence-electron chi connectivity index (χ1n) is 6.17. The predicted octanol–water partition coefficient (Wildman–Crippen LogP) is 3.08. The lowest BCUT2D eigenvalue weighted by molar-refractivity contribution is 0.0600. The van der Waals surface area contributed by atoms with Crippen molar-refractivity contribution in [3.8, 4) is 11.3 Å². The van der Waals surface area contributed by atoms with Gasteiger partial charge in [0.1, 0.15) is 0 Å². The first-order chi connectivity index (χ1) is 9.79. The van der Waals surface area contributed by atoms with E-state index in [9.17, 15) is 4.79 Å². The second kappa shape index (κ2) is 5.09. The van der Waals surface area contributed by atoms with Crippen LogP contribution in [0.25, 0.3) is 22.0 Å². The van der Waals surface area contributed by atoms with Crippen molar-refractivity contribution in [2.24, 2.45) is 0 Å². The van der Waals surface area contributed by atoms with Gasteiger partial charge in [0, 0.05) is 29.5 Å². The molecule has 0 N–H and O–H groups in total. The monoisotopic (exact) mass is 264 g/mol. The summed E-state index contributed by atoms with van der Waals surface area (Å²) in [5.41, 5.74) is 2.08. The molecule has 2 aromatic heterocycles.